The molecule has 1 aliphatic rings. The second kappa shape index (κ2) is 3.70. The third kappa shape index (κ3) is 1.90. The first-order chi connectivity index (χ1) is 7.08. The molecule has 0 bridgehead atoms. The first-order valence-electron chi connectivity index (χ1n) is 5.29. The molecule has 1 atom stereocenters. The smallest absolute Gasteiger partial charge is 0.270 e. The van der Waals surface area contributed by atoms with E-state index in [0.29, 0.717) is 12.2 Å². The summed E-state index contributed by atoms with van der Waals surface area (Å²) < 4.78 is 0. The maximum atomic E-state index is 12.1. The zero-order chi connectivity index (χ0) is 11.0. The van der Waals surface area contributed by atoms with Crippen LogP contribution in [0.4, 0.5) is 0 Å². The average molecular weight is 207 g/mol. The Morgan fingerprint density at radius 1 is 1.60 bits per heavy atom. The summed E-state index contributed by atoms with van der Waals surface area (Å²) in [5.41, 5.74) is 8.53. The lowest BCUT2D eigenvalue weighted by Crippen LogP contribution is -2.32. The van der Waals surface area contributed by atoms with E-state index in [1.165, 1.54) is 0 Å². The molecule has 3 N–H and O–H groups in total. The third-order valence-corrected chi connectivity index (χ3v) is 2.88. The van der Waals surface area contributed by atoms with Crippen molar-refractivity contribution >= 4 is 5.91 Å². The van der Waals surface area contributed by atoms with Crippen molar-refractivity contribution in [3.63, 3.8) is 0 Å². The number of H-pyrrole nitrogens is 1. The molecule has 0 radical (unpaired) electrons. The monoisotopic (exact) mass is 207 g/mol. The number of carbonyl (C=O) groups is 1. The summed E-state index contributed by atoms with van der Waals surface area (Å²) in [7, 11) is 0. The van der Waals surface area contributed by atoms with Gasteiger partial charge in [-0.1, -0.05) is 0 Å². The highest BCUT2D eigenvalue weighted by Crippen LogP contribution is 2.15. The summed E-state index contributed by atoms with van der Waals surface area (Å²) in [6, 6.07) is 2.13. The van der Waals surface area contributed by atoms with Gasteiger partial charge in [0.05, 0.1) is 0 Å². The van der Waals surface area contributed by atoms with Gasteiger partial charge in [-0.15, -0.1) is 0 Å². The van der Waals surface area contributed by atoms with Gasteiger partial charge in [0.2, 0.25) is 0 Å². The fourth-order valence-corrected chi connectivity index (χ4v) is 2.08. The van der Waals surface area contributed by atoms with Crippen molar-refractivity contribution in [2.24, 2.45) is 5.73 Å². The second-order valence-corrected chi connectivity index (χ2v) is 4.31. The SMILES string of the molecule is Cc1cc(C)c(C(=O)N2CC[C@@H](N)C2)[nH]1. The summed E-state index contributed by atoms with van der Waals surface area (Å²) in [6.45, 7) is 5.36. The van der Waals surface area contributed by atoms with Crippen molar-refractivity contribution in [2.45, 2.75) is 26.3 Å². The van der Waals surface area contributed by atoms with Gasteiger partial charge in [0.1, 0.15) is 5.69 Å². The molecule has 0 aliphatic carbocycles. The van der Waals surface area contributed by atoms with Gasteiger partial charge in [0, 0.05) is 24.8 Å². The Labute approximate surface area is 89.5 Å². The van der Waals surface area contributed by atoms with Gasteiger partial charge in [-0.3, -0.25) is 4.79 Å². The highest BCUT2D eigenvalue weighted by Gasteiger charge is 2.26. The van der Waals surface area contributed by atoms with Crippen LogP contribution in [0.25, 0.3) is 0 Å². The molecule has 0 saturated carbocycles. The maximum absolute atomic E-state index is 12.1. The number of likely N-dealkylation sites (tertiary alicyclic amines) is 1. The Morgan fingerprint density at radius 2 is 2.33 bits per heavy atom. The van der Waals surface area contributed by atoms with Crippen LogP contribution in [0.5, 0.6) is 0 Å². The van der Waals surface area contributed by atoms with Gasteiger partial charge in [0.15, 0.2) is 0 Å². The summed E-state index contributed by atoms with van der Waals surface area (Å²) in [5, 5.41) is 0. The number of aromatic nitrogens is 1. The number of rotatable bonds is 1. The molecule has 0 spiro atoms. The normalized spacial score (nSPS) is 21.0. The van der Waals surface area contributed by atoms with Crippen LogP contribution in [0.1, 0.15) is 28.2 Å². The van der Waals surface area contributed by atoms with E-state index in [2.05, 4.69) is 4.98 Å². The van der Waals surface area contributed by atoms with E-state index in [-0.39, 0.29) is 11.9 Å². The summed E-state index contributed by atoms with van der Waals surface area (Å²) in [5.74, 6) is 0.0774. The van der Waals surface area contributed by atoms with E-state index < -0.39 is 0 Å². The van der Waals surface area contributed by atoms with Crippen LogP contribution in [0.15, 0.2) is 6.07 Å². The molecule has 82 valence electrons. The van der Waals surface area contributed by atoms with Crippen molar-refractivity contribution in [3.05, 3.63) is 23.0 Å². The van der Waals surface area contributed by atoms with E-state index in [4.69, 9.17) is 5.73 Å². The molecule has 0 aromatic carbocycles. The van der Waals surface area contributed by atoms with Crippen molar-refractivity contribution in [2.75, 3.05) is 13.1 Å². The average Bonchev–Trinajstić information content (AvgIpc) is 2.71. The predicted molar refractivity (Wildman–Crippen MR) is 58.8 cm³/mol. The minimum Gasteiger partial charge on any atom is -0.354 e. The number of amides is 1. The number of nitrogens with zero attached hydrogens (tertiary/aromatic N) is 1. The molecule has 4 nitrogen and oxygen atoms in total. The fourth-order valence-electron chi connectivity index (χ4n) is 2.08. The van der Waals surface area contributed by atoms with E-state index in [9.17, 15) is 4.79 Å². The molecule has 2 heterocycles. The van der Waals surface area contributed by atoms with Crippen molar-refractivity contribution in [3.8, 4) is 0 Å². The van der Waals surface area contributed by atoms with Gasteiger partial charge in [-0.25, -0.2) is 0 Å². The fraction of sp³-hybridized carbons (Fsp3) is 0.545. The Hall–Kier alpha value is -1.29. The first kappa shape index (κ1) is 10.2. The molecule has 1 amide bonds. The van der Waals surface area contributed by atoms with Crippen LogP contribution in [-0.2, 0) is 0 Å². The molecule has 1 fully saturated rings. The first-order valence-corrected chi connectivity index (χ1v) is 5.29. The van der Waals surface area contributed by atoms with E-state index >= 15 is 0 Å². The largest absolute Gasteiger partial charge is 0.354 e. The molecule has 4 heteroatoms. The molecule has 1 aromatic rings. The van der Waals surface area contributed by atoms with Gasteiger partial charge in [-0.05, 0) is 31.9 Å². The zero-order valence-corrected chi connectivity index (χ0v) is 9.21. The van der Waals surface area contributed by atoms with Crippen LogP contribution >= 0.6 is 0 Å². The molecule has 1 aliphatic heterocycles. The lowest BCUT2D eigenvalue weighted by molar-refractivity contribution is 0.0785. The van der Waals surface area contributed by atoms with E-state index in [1.54, 1.807) is 0 Å². The number of hydrogen-bond acceptors (Lipinski definition) is 2. The molecule has 1 saturated heterocycles. The number of aromatic amines is 1. The number of aryl methyl sites for hydroxylation is 2. The minimum atomic E-state index is 0.0774. The summed E-state index contributed by atoms with van der Waals surface area (Å²) >= 11 is 0. The Kier molecular flexibility index (Phi) is 2.52. The Bertz CT molecular complexity index is 383. The van der Waals surface area contributed by atoms with Crippen LogP contribution < -0.4 is 5.73 Å². The molecule has 0 unspecified atom stereocenters. The van der Waals surface area contributed by atoms with Gasteiger partial charge in [0.25, 0.3) is 5.91 Å². The third-order valence-electron chi connectivity index (χ3n) is 2.88. The van der Waals surface area contributed by atoms with Gasteiger partial charge < -0.3 is 15.6 Å². The maximum Gasteiger partial charge on any atom is 0.270 e. The molecule has 15 heavy (non-hydrogen) atoms. The number of nitrogens with two attached hydrogens (primary N) is 1. The highest BCUT2D eigenvalue weighted by atomic mass is 16.2. The molecule has 2 rings (SSSR count). The van der Waals surface area contributed by atoms with Gasteiger partial charge >= 0.3 is 0 Å². The minimum absolute atomic E-state index is 0.0774. The van der Waals surface area contributed by atoms with Crippen molar-refractivity contribution < 1.29 is 4.79 Å². The highest BCUT2D eigenvalue weighted by molar-refractivity contribution is 5.94. The number of hydrogen-bond donors (Lipinski definition) is 2. The zero-order valence-electron chi connectivity index (χ0n) is 9.21. The Morgan fingerprint density at radius 3 is 2.80 bits per heavy atom. The van der Waals surface area contributed by atoms with E-state index in [1.807, 2.05) is 24.8 Å². The summed E-state index contributed by atoms with van der Waals surface area (Å²) in [4.78, 5) is 17.0. The van der Waals surface area contributed by atoms with Crippen LogP contribution in [0, 0.1) is 13.8 Å². The standard InChI is InChI=1S/C11H17N3O/c1-7-5-8(2)13-10(7)11(15)14-4-3-9(12)6-14/h5,9,13H,3-4,6,12H2,1-2H3/t9-/m1/s1. The van der Waals surface area contributed by atoms with Gasteiger partial charge in [-0.2, -0.15) is 0 Å². The quantitative estimate of drug-likeness (QED) is 0.715. The van der Waals surface area contributed by atoms with E-state index in [0.717, 1.165) is 24.2 Å². The predicted octanol–water partition coefficient (Wildman–Crippen LogP) is 0.805. The topological polar surface area (TPSA) is 62.1 Å². The van der Waals surface area contributed by atoms with Crippen LogP contribution in [0.3, 0.4) is 0 Å². The van der Waals surface area contributed by atoms with Crippen LogP contribution in [0.2, 0.25) is 0 Å². The Balaban J connectivity index is 2.17. The molecular formula is C11H17N3O. The second-order valence-electron chi connectivity index (χ2n) is 4.31. The lowest BCUT2D eigenvalue weighted by atomic mass is 10.2. The van der Waals surface area contributed by atoms with Crippen LogP contribution in [-0.4, -0.2) is 34.9 Å². The lowest BCUT2D eigenvalue weighted by Gasteiger charge is -2.15. The van der Waals surface area contributed by atoms with Crippen molar-refractivity contribution in [1.29, 1.82) is 0 Å². The molecular weight excluding hydrogens is 190 g/mol. The summed E-state index contributed by atoms with van der Waals surface area (Å²) in [6.07, 6.45) is 0.907. The number of nitrogens with one attached hydrogen (secondary N) is 1. The number of carbonyl (C=O) groups excluding carboxylic acids is 1. The molecule has 1 aromatic heterocycles. The van der Waals surface area contributed by atoms with Crippen molar-refractivity contribution in [1.82, 2.24) is 9.88 Å².